The van der Waals surface area contributed by atoms with Crippen molar-refractivity contribution in [1.82, 2.24) is 14.5 Å². The number of benzene rings is 1. The van der Waals surface area contributed by atoms with Crippen LogP contribution in [0.4, 0.5) is 5.13 Å². The second kappa shape index (κ2) is 7.40. The summed E-state index contributed by atoms with van der Waals surface area (Å²) in [6.45, 7) is -0.145. The summed E-state index contributed by atoms with van der Waals surface area (Å²) >= 11 is 14.7. The first-order valence-electron chi connectivity index (χ1n) is 7.65. The van der Waals surface area contributed by atoms with Gasteiger partial charge in [0.1, 0.15) is 11.4 Å². The first kappa shape index (κ1) is 18.1. The molecule has 0 aliphatic rings. The third-order valence-corrected chi connectivity index (χ3v) is 5.85. The van der Waals surface area contributed by atoms with Crippen molar-refractivity contribution in [1.29, 1.82) is 0 Å². The van der Waals surface area contributed by atoms with Crippen LogP contribution >= 0.6 is 45.9 Å². The number of nitrogens with zero attached hydrogens (tertiary/aromatic N) is 3. The summed E-state index contributed by atoms with van der Waals surface area (Å²) in [7, 11) is 0. The van der Waals surface area contributed by atoms with Crippen molar-refractivity contribution in [3.63, 3.8) is 0 Å². The zero-order valence-electron chi connectivity index (χ0n) is 13.5. The number of thiophene rings is 1. The van der Waals surface area contributed by atoms with Crippen LogP contribution in [0, 0.1) is 0 Å². The molecule has 4 aromatic rings. The molecule has 3 heterocycles. The Morgan fingerprint density at radius 3 is 2.89 bits per heavy atom. The van der Waals surface area contributed by atoms with Gasteiger partial charge in [0.25, 0.3) is 5.56 Å². The fourth-order valence-electron chi connectivity index (χ4n) is 2.47. The molecule has 1 N–H and O–H groups in total. The van der Waals surface area contributed by atoms with Gasteiger partial charge in [0, 0.05) is 16.0 Å². The minimum Gasteiger partial charge on any atom is -0.300 e. The Labute approximate surface area is 171 Å². The molecular weight excluding hydrogens is 427 g/mol. The van der Waals surface area contributed by atoms with Gasteiger partial charge in [0.05, 0.1) is 22.4 Å². The minimum atomic E-state index is -0.364. The number of thiazole rings is 1. The van der Waals surface area contributed by atoms with E-state index in [0.29, 0.717) is 31.1 Å². The van der Waals surface area contributed by atoms with Gasteiger partial charge in [-0.15, -0.1) is 22.7 Å². The highest BCUT2D eigenvalue weighted by molar-refractivity contribution is 7.16. The highest BCUT2D eigenvalue weighted by Crippen LogP contribution is 2.32. The van der Waals surface area contributed by atoms with Crippen molar-refractivity contribution in [2.24, 2.45) is 0 Å². The molecule has 1 amide bonds. The molecule has 136 valence electrons. The number of hydrogen-bond donors (Lipinski definition) is 1. The average molecular weight is 437 g/mol. The maximum Gasteiger partial charge on any atom is 0.262 e. The quantitative estimate of drug-likeness (QED) is 0.509. The first-order valence-corrected chi connectivity index (χ1v) is 10.2. The summed E-state index contributed by atoms with van der Waals surface area (Å²) in [5.41, 5.74) is 1.11. The topological polar surface area (TPSA) is 76.9 Å². The number of hydrogen-bond acceptors (Lipinski definition) is 6. The lowest BCUT2D eigenvalue weighted by atomic mass is 10.2. The molecule has 0 spiro atoms. The van der Waals surface area contributed by atoms with Crippen LogP contribution in [0.3, 0.4) is 0 Å². The number of anilines is 1. The van der Waals surface area contributed by atoms with E-state index in [1.807, 2.05) is 0 Å². The SMILES string of the molecule is O=C(Cn1cnc2sccc2c1=O)Nc1nc(-c2ccc(Cl)cc2Cl)cs1. The Balaban J connectivity index is 1.51. The molecule has 0 aliphatic carbocycles. The Bertz CT molecular complexity index is 1220. The number of carbonyl (C=O) groups is 1. The highest BCUT2D eigenvalue weighted by atomic mass is 35.5. The molecule has 0 bridgehead atoms. The van der Waals surface area contributed by atoms with E-state index in [0.717, 1.165) is 5.56 Å². The molecule has 4 rings (SSSR count). The minimum absolute atomic E-state index is 0.145. The molecule has 3 aromatic heterocycles. The first-order chi connectivity index (χ1) is 13.0. The maximum absolute atomic E-state index is 12.3. The van der Waals surface area contributed by atoms with E-state index < -0.39 is 0 Å². The predicted molar refractivity (Wildman–Crippen MR) is 110 cm³/mol. The number of fused-ring (bicyclic) bond motifs is 1. The lowest BCUT2D eigenvalue weighted by molar-refractivity contribution is -0.116. The van der Waals surface area contributed by atoms with E-state index in [1.54, 1.807) is 35.0 Å². The molecule has 0 saturated carbocycles. The van der Waals surface area contributed by atoms with Crippen LogP contribution in [0.25, 0.3) is 21.5 Å². The van der Waals surface area contributed by atoms with E-state index in [4.69, 9.17) is 23.2 Å². The molecule has 10 heteroatoms. The molecule has 0 atom stereocenters. The molecule has 0 unspecified atom stereocenters. The highest BCUT2D eigenvalue weighted by Gasteiger charge is 2.13. The zero-order chi connectivity index (χ0) is 19.0. The molecular formula is C17H10Cl2N4O2S2. The number of halogens is 2. The molecule has 0 fully saturated rings. The molecule has 0 saturated heterocycles. The molecule has 0 radical (unpaired) electrons. The summed E-state index contributed by atoms with van der Waals surface area (Å²) in [6.07, 6.45) is 1.38. The number of amides is 1. The van der Waals surface area contributed by atoms with Gasteiger partial charge in [0.15, 0.2) is 5.13 Å². The number of aromatic nitrogens is 3. The van der Waals surface area contributed by atoms with Gasteiger partial charge in [-0.3, -0.25) is 14.2 Å². The predicted octanol–water partition coefficient (Wildman–Crippen LogP) is 4.53. The van der Waals surface area contributed by atoms with E-state index >= 15 is 0 Å². The van der Waals surface area contributed by atoms with Crippen LogP contribution in [-0.2, 0) is 11.3 Å². The van der Waals surface area contributed by atoms with Crippen LogP contribution < -0.4 is 10.9 Å². The van der Waals surface area contributed by atoms with Crippen LogP contribution in [-0.4, -0.2) is 20.4 Å². The van der Waals surface area contributed by atoms with Crippen molar-refractivity contribution in [2.45, 2.75) is 6.54 Å². The van der Waals surface area contributed by atoms with Gasteiger partial charge in [-0.2, -0.15) is 0 Å². The summed E-state index contributed by atoms with van der Waals surface area (Å²) in [5.74, 6) is -0.364. The van der Waals surface area contributed by atoms with Crippen LogP contribution in [0.2, 0.25) is 10.0 Å². The lowest BCUT2D eigenvalue weighted by Gasteiger charge is -2.05. The van der Waals surface area contributed by atoms with Crippen molar-refractivity contribution >= 4 is 67.1 Å². The summed E-state index contributed by atoms with van der Waals surface area (Å²) in [6, 6.07) is 6.83. The van der Waals surface area contributed by atoms with Crippen LogP contribution in [0.5, 0.6) is 0 Å². The van der Waals surface area contributed by atoms with E-state index in [1.165, 1.54) is 33.6 Å². The summed E-state index contributed by atoms with van der Waals surface area (Å²) in [4.78, 5) is 33.8. The molecule has 1 aromatic carbocycles. The fraction of sp³-hybridized carbons (Fsp3) is 0.0588. The van der Waals surface area contributed by atoms with Crippen molar-refractivity contribution in [3.8, 4) is 11.3 Å². The van der Waals surface area contributed by atoms with Crippen LogP contribution in [0.15, 0.2) is 46.1 Å². The molecule has 6 nitrogen and oxygen atoms in total. The van der Waals surface area contributed by atoms with Gasteiger partial charge in [-0.05, 0) is 29.6 Å². The van der Waals surface area contributed by atoms with Gasteiger partial charge >= 0.3 is 0 Å². The second-order valence-corrected chi connectivity index (χ2v) is 8.12. The van der Waals surface area contributed by atoms with Crippen LogP contribution in [0.1, 0.15) is 0 Å². The third kappa shape index (κ3) is 3.74. The third-order valence-electron chi connectivity index (χ3n) is 3.72. The maximum atomic E-state index is 12.3. The second-order valence-electron chi connectivity index (χ2n) is 5.53. The molecule has 0 aliphatic heterocycles. The van der Waals surface area contributed by atoms with E-state index in [-0.39, 0.29) is 18.0 Å². The Morgan fingerprint density at radius 1 is 1.22 bits per heavy atom. The van der Waals surface area contributed by atoms with Gasteiger partial charge in [-0.1, -0.05) is 23.2 Å². The van der Waals surface area contributed by atoms with Gasteiger partial charge in [0.2, 0.25) is 5.91 Å². The van der Waals surface area contributed by atoms with E-state index in [2.05, 4.69) is 15.3 Å². The smallest absolute Gasteiger partial charge is 0.262 e. The normalized spacial score (nSPS) is 11.0. The lowest BCUT2D eigenvalue weighted by Crippen LogP contribution is -2.27. The van der Waals surface area contributed by atoms with E-state index in [9.17, 15) is 9.59 Å². The monoisotopic (exact) mass is 436 g/mol. The summed E-state index contributed by atoms with van der Waals surface area (Å²) in [5, 5.41) is 8.21. The zero-order valence-corrected chi connectivity index (χ0v) is 16.6. The Hall–Kier alpha value is -2.26. The van der Waals surface area contributed by atoms with Gasteiger partial charge in [-0.25, -0.2) is 9.97 Å². The van der Waals surface area contributed by atoms with Crippen molar-refractivity contribution < 1.29 is 4.79 Å². The average Bonchev–Trinajstić information content (AvgIpc) is 3.27. The van der Waals surface area contributed by atoms with Crippen molar-refractivity contribution in [2.75, 3.05) is 5.32 Å². The standard InChI is InChI=1S/C17H10Cl2N4O2S2/c18-9-1-2-10(12(19)5-9)13-7-27-17(21-13)22-14(24)6-23-8-20-15-11(16(23)25)3-4-26-15/h1-5,7-8H,6H2,(H,21,22,24). The Morgan fingerprint density at radius 2 is 2.07 bits per heavy atom. The fourth-order valence-corrected chi connectivity index (χ4v) is 4.43. The van der Waals surface area contributed by atoms with Gasteiger partial charge < -0.3 is 5.32 Å². The number of nitrogens with one attached hydrogen (secondary N) is 1. The van der Waals surface area contributed by atoms with Crippen molar-refractivity contribution in [3.05, 3.63) is 61.8 Å². The number of carbonyl (C=O) groups excluding carboxylic acids is 1. The number of rotatable bonds is 4. The largest absolute Gasteiger partial charge is 0.300 e. The molecule has 27 heavy (non-hydrogen) atoms. The summed E-state index contributed by atoms with van der Waals surface area (Å²) < 4.78 is 1.27. The Kier molecular flexibility index (Phi) is 4.96.